The van der Waals surface area contributed by atoms with E-state index >= 15 is 0 Å². The molecule has 0 bridgehead atoms. The Morgan fingerprint density at radius 2 is 2.11 bits per heavy atom. The first kappa shape index (κ1) is 13.6. The van der Waals surface area contributed by atoms with E-state index in [-0.39, 0.29) is 17.0 Å². The van der Waals surface area contributed by atoms with Crippen LogP contribution >= 0.6 is 0 Å². The molecule has 0 atom stereocenters. The Morgan fingerprint density at radius 3 is 2.61 bits per heavy atom. The summed E-state index contributed by atoms with van der Waals surface area (Å²) in [5, 5.41) is 20.7. The van der Waals surface area contributed by atoms with Crippen molar-refractivity contribution in [1.29, 1.82) is 0 Å². The van der Waals surface area contributed by atoms with Crippen LogP contribution in [-0.4, -0.2) is 17.5 Å². The van der Waals surface area contributed by atoms with E-state index in [0.717, 1.165) is 24.3 Å². The molecule has 1 aromatic carbocycles. The van der Waals surface area contributed by atoms with Crippen LogP contribution in [0.3, 0.4) is 0 Å². The number of carbonyl (C=O) groups is 1. The van der Waals surface area contributed by atoms with Crippen LogP contribution in [0.5, 0.6) is 5.75 Å². The topological polar surface area (TPSA) is 92.5 Å². The minimum Gasteiger partial charge on any atom is -0.545 e. The van der Waals surface area contributed by atoms with Crippen LogP contribution < -0.4 is 9.84 Å². The molecule has 8 heteroatoms. The van der Waals surface area contributed by atoms with Crippen molar-refractivity contribution in [1.82, 2.24) is 0 Å². The molecule has 0 saturated heterocycles. The molecular formula is C10H6F2NO5-. The Balaban J connectivity index is 3.17. The van der Waals surface area contributed by atoms with Crippen LogP contribution in [0.25, 0.3) is 6.08 Å². The van der Waals surface area contributed by atoms with Gasteiger partial charge in [-0.05, 0) is 18.2 Å². The smallest absolute Gasteiger partial charge is 0.387 e. The highest BCUT2D eigenvalue weighted by atomic mass is 19.3. The maximum atomic E-state index is 12.0. The lowest BCUT2D eigenvalue weighted by Crippen LogP contribution is -2.18. The minimum atomic E-state index is -3.12. The molecule has 0 aliphatic carbocycles. The minimum absolute atomic E-state index is 0.159. The number of alkyl halides is 2. The van der Waals surface area contributed by atoms with Gasteiger partial charge in [-0.25, -0.2) is 0 Å². The number of aliphatic carboxylic acids is 1. The number of rotatable bonds is 5. The van der Waals surface area contributed by atoms with E-state index in [2.05, 4.69) is 4.74 Å². The summed E-state index contributed by atoms with van der Waals surface area (Å²) in [5.74, 6) is -1.93. The molecule has 1 rings (SSSR count). The van der Waals surface area contributed by atoms with Gasteiger partial charge in [0.1, 0.15) is 5.75 Å². The number of benzene rings is 1. The third-order valence-corrected chi connectivity index (χ3v) is 1.82. The Kier molecular flexibility index (Phi) is 4.30. The molecule has 0 aliphatic heterocycles. The second-order valence-corrected chi connectivity index (χ2v) is 3.01. The number of carboxylic acids is 1. The molecule has 18 heavy (non-hydrogen) atoms. The van der Waals surface area contributed by atoms with Crippen LogP contribution in [0.1, 0.15) is 5.56 Å². The molecule has 6 nitrogen and oxygen atoms in total. The summed E-state index contributed by atoms with van der Waals surface area (Å²) < 4.78 is 28.2. The van der Waals surface area contributed by atoms with Crippen molar-refractivity contribution >= 4 is 17.7 Å². The summed E-state index contributed by atoms with van der Waals surface area (Å²) in [4.78, 5) is 19.9. The lowest BCUT2D eigenvalue weighted by molar-refractivity contribution is -0.384. The Hall–Kier alpha value is -2.51. The second-order valence-electron chi connectivity index (χ2n) is 3.01. The number of ether oxygens (including phenoxy) is 1. The van der Waals surface area contributed by atoms with Gasteiger partial charge in [-0.3, -0.25) is 10.1 Å². The summed E-state index contributed by atoms with van der Waals surface area (Å²) in [6.07, 6.45) is 1.43. The SMILES string of the molecule is O=C([O-])/C=C/c1cc([N+](=O)[O-])ccc1OC(F)F. The zero-order valence-electron chi connectivity index (χ0n) is 8.71. The molecule has 0 unspecified atom stereocenters. The highest BCUT2D eigenvalue weighted by Crippen LogP contribution is 2.26. The molecule has 0 aliphatic rings. The maximum Gasteiger partial charge on any atom is 0.387 e. The van der Waals surface area contributed by atoms with E-state index in [4.69, 9.17) is 0 Å². The normalized spacial score (nSPS) is 10.8. The second kappa shape index (κ2) is 5.71. The Labute approximate surface area is 99.3 Å². The third kappa shape index (κ3) is 3.81. The van der Waals surface area contributed by atoms with E-state index in [0.29, 0.717) is 6.08 Å². The van der Waals surface area contributed by atoms with Crippen LogP contribution in [0.4, 0.5) is 14.5 Å². The lowest BCUT2D eigenvalue weighted by atomic mass is 10.1. The summed E-state index contributed by atoms with van der Waals surface area (Å²) in [6.45, 7) is -3.12. The number of nitro benzene ring substituents is 1. The molecule has 96 valence electrons. The molecule has 0 fully saturated rings. The van der Waals surface area contributed by atoms with E-state index in [9.17, 15) is 28.8 Å². The van der Waals surface area contributed by atoms with Crippen molar-refractivity contribution in [3.8, 4) is 5.75 Å². The standard InChI is InChI=1S/C10H7F2NO5/c11-10(12)18-8-3-2-7(13(16)17)5-6(8)1-4-9(14)15/h1-5,10H,(H,14,15)/p-1/b4-1+. The highest BCUT2D eigenvalue weighted by molar-refractivity contribution is 5.84. The van der Waals surface area contributed by atoms with Crippen molar-refractivity contribution < 1.29 is 28.3 Å². The summed E-state index contributed by atoms with van der Waals surface area (Å²) in [7, 11) is 0. The van der Waals surface area contributed by atoms with Gasteiger partial charge in [0.25, 0.3) is 5.69 Å². The lowest BCUT2D eigenvalue weighted by Gasteiger charge is -2.07. The fraction of sp³-hybridized carbons (Fsp3) is 0.100. The summed E-state index contributed by atoms with van der Waals surface area (Å²) in [6, 6.07) is 2.84. The van der Waals surface area contributed by atoms with E-state index in [1.165, 1.54) is 0 Å². The number of carbonyl (C=O) groups excluding carboxylic acids is 1. The monoisotopic (exact) mass is 258 g/mol. The zero-order chi connectivity index (χ0) is 13.7. The largest absolute Gasteiger partial charge is 0.545 e. The number of nitrogens with zero attached hydrogens (tertiary/aromatic N) is 1. The molecule has 0 saturated carbocycles. The summed E-state index contributed by atoms with van der Waals surface area (Å²) >= 11 is 0. The molecule has 0 amide bonds. The predicted octanol–water partition coefficient (Wildman–Crippen LogP) is 0.959. The number of hydrogen-bond donors (Lipinski definition) is 0. The fourth-order valence-corrected chi connectivity index (χ4v) is 1.14. The molecular weight excluding hydrogens is 252 g/mol. The van der Waals surface area contributed by atoms with Gasteiger partial charge >= 0.3 is 6.61 Å². The zero-order valence-corrected chi connectivity index (χ0v) is 8.71. The molecule has 0 spiro atoms. The Bertz CT molecular complexity index is 501. The van der Waals surface area contributed by atoms with Crippen LogP contribution in [-0.2, 0) is 4.79 Å². The Morgan fingerprint density at radius 1 is 1.44 bits per heavy atom. The van der Waals surface area contributed by atoms with E-state index in [1.54, 1.807) is 0 Å². The van der Waals surface area contributed by atoms with Gasteiger partial charge in [0.2, 0.25) is 0 Å². The molecule has 0 aromatic heterocycles. The maximum absolute atomic E-state index is 12.0. The van der Waals surface area contributed by atoms with Gasteiger partial charge in [0.15, 0.2) is 0 Å². The van der Waals surface area contributed by atoms with Crippen molar-refractivity contribution in [2.75, 3.05) is 0 Å². The number of non-ortho nitro benzene ring substituents is 1. The third-order valence-electron chi connectivity index (χ3n) is 1.82. The molecule has 0 heterocycles. The average molecular weight is 258 g/mol. The van der Waals surface area contributed by atoms with Gasteiger partial charge < -0.3 is 14.6 Å². The highest BCUT2D eigenvalue weighted by Gasteiger charge is 2.13. The number of hydrogen-bond acceptors (Lipinski definition) is 5. The molecule has 0 radical (unpaired) electrons. The fourth-order valence-electron chi connectivity index (χ4n) is 1.14. The van der Waals surface area contributed by atoms with Crippen molar-refractivity contribution in [3.63, 3.8) is 0 Å². The van der Waals surface area contributed by atoms with Gasteiger partial charge in [-0.1, -0.05) is 0 Å². The van der Waals surface area contributed by atoms with Crippen LogP contribution in [0.2, 0.25) is 0 Å². The van der Waals surface area contributed by atoms with E-state index < -0.39 is 17.5 Å². The number of halogens is 2. The molecule has 0 N–H and O–H groups in total. The van der Waals surface area contributed by atoms with Crippen molar-refractivity contribution in [3.05, 3.63) is 40.0 Å². The average Bonchev–Trinajstić information content (AvgIpc) is 2.26. The van der Waals surface area contributed by atoms with Crippen LogP contribution in [0.15, 0.2) is 24.3 Å². The van der Waals surface area contributed by atoms with Gasteiger partial charge in [0.05, 0.1) is 10.9 Å². The first-order valence-corrected chi connectivity index (χ1v) is 4.52. The number of carboxylic acid groups (broad SMARTS) is 1. The van der Waals surface area contributed by atoms with Crippen molar-refractivity contribution in [2.45, 2.75) is 6.61 Å². The van der Waals surface area contributed by atoms with Gasteiger partial charge in [0, 0.05) is 17.7 Å². The van der Waals surface area contributed by atoms with Crippen LogP contribution in [0, 0.1) is 10.1 Å². The van der Waals surface area contributed by atoms with E-state index in [1.807, 2.05) is 0 Å². The molecule has 1 aromatic rings. The van der Waals surface area contributed by atoms with Gasteiger partial charge in [-0.2, -0.15) is 8.78 Å². The first-order valence-electron chi connectivity index (χ1n) is 4.52. The first-order chi connectivity index (χ1) is 8.40. The van der Waals surface area contributed by atoms with Crippen molar-refractivity contribution in [2.24, 2.45) is 0 Å². The predicted molar refractivity (Wildman–Crippen MR) is 53.8 cm³/mol. The number of nitro groups is 1. The van der Waals surface area contributed by atoms with Gasteiger partial charge in [-0.15, -0.1) is 0 Å². The quantitative estimate of drug-likeness (QED) is 0.445. The summed E-state index contributed by atoms with van der Waals surface area (Å²) in [5.41, 5.74) is -0.539.